The smallest absolute Gasteiger partial charge is 0.345 e. The first-order valence-electron chi connectivity index (χ1n) is 8.75. The summed E-state index contributed by atoms with van der Waals surface area (Å²) in [6, 6.07) is 4.96. The van der Waals surface area contributed by atoms with E-state index in [2.05, 4.69) is 5.10 Å². The number of carbonyl (C=O) groups is 1. The second-order valence-electron chi connectivity index (χ2n) is 7.03. The quantitative estimate of drug-likeness (QED) is 0.652. The van der Waals surface area contributed by atoms with Gasteiger partial charge in [0, 0.05) is 33.1 Å². The molecule has 1 aliphatic rings. The van der Waals surface area contributed by atoms with E-state index in [0.717, 1.165) is 23.1 Å². The molecule has 27 heavy (non-hydrogen) atoms. The molecule has 4 rings (SSSR count). The SMILES string of the molecule is Cc1c(C(=O)Oc2cc(C3CC3)nn2C)ccc2c1c(=O)n(C)c(=O)n2C. The molecule has 1 saturated carbocycles. The van der Waals surface area contributed by atoms with Crippen LogP contribution in [0.5, 0.6) is 5.88 Å². The predicted molar refractivity (Wildman–Crippen MR) is 99.3 cm³/mol. The molecule has 140 valence electrons. The van der Waals surface area contributed by atoms with Crippen molar-refractivity contribution in [3.8, 4) is 5.88 Å². The molecule has 8 nitrogen and oxygen atoms in total. The largest absolute Gasteiger partial charge is 0.404 e. The van der Waals surface area contributed by atoms with Crippen LogP contribution < -0.4 is 16.0 Å². The van der Waals surface area contributed by atoms with Gasteiger partial charge >= 0.3 is 11.7 Å². The highest BCUT2D eigenvalue weighted by Gasteiger charge is 2.28. The van der Waals surface area contributed by atoms with E-state index < -0.39 is 17.2 Å². The van der Waals surface area contributed by atoms with Crippen molar-refractivity contribution in [2.24, 2.45) is 21.1 Å². The summed E-state index contributed by atoms with van der Waals surface area (Å²) in [5, 5.41) is 4.72. The lowest BCUT2D eigenvalue weighted by atomic mass is 10.0. The highest BCUT2D eigenvalue weighted by atomic mass is 16.5. The number of aromatic nitrogens is 4. The van der Waals surface area contributed by atoms with Crippen LogP contribution in [0.25, 0.3) is 10.9 Å². The average molecular weight is 368 g/mol. The summed E-state index contributed by atoms with van der Waals surface area (Å²) < 4.78 is 9.50. The van der Waals surface area contributed by atoms with Gasteiger partial charge in [-0.3, -0.25) is 13.9 Å². The van der Waals surface area contributed by atoms with Crippen LogP contribution in [-0.2, 0) is 21.1 Å². The third kappa shape index (κ3) is 2.68. The van der Waals surface area contributed by atoms with Gasteiger partial charge in [-0.15, -0.1) is 0 Å². The highest BCUT2D eigenvalue weighted by molar-refractivity contribution is 5.98. The zero-order valence-corrected chi connectivity index (χ0v) is 15.6. The van der Waals surface area contributed by atoms with Gasteiger partial charge in [0.25, 0.3) is 5.56 Å². The van der Waals surface area contributed by atoms with Crippen LogP contribution >= 0.6 is 0 Å². The minimum Gasteiger partial charge on any atom is -0.404 e. The minimum atomic E-state index is -0.560. The Hall–Kier alpha value is -3.16. The predicted octanol–water partition coefficient (Wildman–Crippen LogP) is 1.38. The van der Waals surface area contributed by atoms with Gasteiger partial charge in [-0.1, -0.05) is 0 Å². The Labute approximate surface area is 154 Å². The second-order valence-corrected chi connectivity index (χ2v) is 7.03. The maximum Gasteiger partial charge on any atom is 0.345 e. The van der Waals surface area contributed by atoms with Gasteiger partial charge in [0.05, 0.1) is 22.2 Å². The van der Waals surface area contributed by atoms with Gasteiger partial charge in [0.15, 0.2) is 0 Å². The Balaban J connectivity index is 1.77. The zero-order valence-electron chi connectivity index (χ0n) is 15.6. The Morgan fingerprint density at radius 1 is 1.15 bits per heavy atom. The molecular weight excluding hydrogens is 348 g/mol. The van der Waals surface area contributed by atoms with Gasteiger partial charge in [-0.2, -0.15) is 5.10 Å². The fraction of sp³-hybridized carbons (Fsp3) is 0.368. The van der Waals surface area contributed by atoms with E-state index in [-0.39, 0.29) is 5.56 Å². The number of esters is 1. The Morgan fingerprint density at radius 2 is 1.85 bits per heavy atom. The molecule has 1 fully saturated rings. The zero-order chi connectivity index (χ0) is 19.5. The third-order valence-corrected chi connectivity index (χ3v) is 5.17. The van der Waals surface area contributed by atoms with Crippen molar-refractivity contribution < 1.29 is 9.53 Å². The van der Waals surface area contributed by atoms with Crippen LogP contribution in [0.15, 0.2) is 27.8 Å². The minimum absolute atomic E-state index is 0.285. The number of nitrogens with zero attached hydrogens (tertiary/aromatic N) is 4. The molecule has 0 atom stereocenters. The molecule has 2 aromatic heterocycles. The van der Waals surface area contributed by atoms with Gasteiger partial charge < -0.3 is 4.74 Å². The van der Waals surface area contributed by atoms with Crippen molar-refractivity contribution in [1.29, 1.82) is 0 Å². The van der Waals surface area contributed by atoms with E-state index in [4.69, 9.17) is 4.74 Å². The molecular formula is C19H20N4O4. The van der Waals surface area contributed by atoms with Crippen molar-refractivity contribution in [2.45, 2.75) is 25.7 Å². The Morgan fingerprint density at radius 3 is 2.52 bits per heavy atom. The summed E-state index contributed by atoms with van der Waals surface area (Å²) in [4.78, 5) is 37.4. The lowest BCUT2D eigenvalue weighted by Gasteiger charge is -2.12. The van der Waals surface area contributed by atoms with Gasteiger partial charge in [0.1, 0.15) is 0 Å². The van der Waals surface area contributed by atoms with Gasteiger partial charge in [0.2, 0.25) is 5.88 Å². The number of ether oxygens (including phenoxy) is 1. The number of aryl methyl sites for hydroxylation is 3. The molecule has 0 amide bonds. The molecule has 0 spiro atoms. The standard InChI is InChI=1S/C19H20N4O4/c1-10-12(7-8-14-16(10)17(24)22(3)19(26)21(14)2)18(25)27-15-9-13(11-5-6-11)20-23(15)4/h7-9,11H,5-6H2,1-4H3. The van der Waals surface area contributed by atoms with E-state index in [1.54, 1.807) is 43.9 Å². The molecule has 1 aromatic carbocycles. The first-order chi connectivity index (χ1) is 12.8. The first kappa shape index (κ1) is 17.3. The van der Waals surface area contributed by atoms with Crippen LogP contribution in [0.4, 0.5) is 0 Å². The molecule has 1 aliphatic carbocycles. The van der Waals surface area contributed by atoms with Crippen molar-refractivity contribution in [3.05, 3.63) is 55.9 Å². The van der Waals surface area contributed by atoms with Crippen LogP contribution in [0.1, 0.15) is 40.4 Å². The monoisotopic (exact) mass is 368 g/mol. The van der Waals surface area contributed by atoms with E-state index in [1.165, 1.54) is 11.6 Å². The first-order valence-corrected chi connectivity index (χ1v) is 8.75. The normalized spacial score (nSPS) is 13.9. The number of benzene rings is 1. The number of rotatable bonds is 3. The molecule has 0 N–H and O–H groups in total. The molecule has 0 aliphatic heterocycles. The topological polar surface area (TPSA) is 88.1 Å². The number of carbonyl (C=O) groups excluding carboxylic acids is 1. The maximum atomic E-state index is 12.7. The number of hydrogen-bond donors (Lipinski definition) is 0. The van der Waals surface area contributed by atoms with Gasteiger partial charge in [-0.05, 0) is 37.5 Å². The van der Waals surface area contributed by atoms with Crippen molar-refractivity contribution >= 4 is 16.9 Å². The van der Waals surface area contributed by atoms with Crippen LogP contribution in [0.2, 0.25) is 0 Å². The lowest BCUT2D eigenvalue weighted by Crippen LogP contribution is -2.37. The summed E-state index contributed by atoms with van der Waals surface area (Å²) in [6.07, 6.45) is 2.21. The number of hydrogen-bond acceptors (Lipinski definition) is 5. The van der Waals surface area contributed by atoms with E-state index >= 15 is 0 Å². The molecule has 0 saturated heterocycles. The molecule has 0 unspecified atom stereocenters. The summed E-state index contributed by atoms with van der Waals surface area (Å²) >= 11 is 0. The van der Waals surface area contributed by atoms with Crippen LogP contribution in [0.3, 0.4) is 0 Å². The molecule has 0 radical (unpaired) electrons. The summed E-state index contributed by atoms with van der Waals surface area (Å²) in [7, 11) is 4.74. The lowest BCUT2D eigenvalue weighted by molar-refractivity contribution is 0.0719. The fourth-order valence-electron chi connectivity index (χ4n) is 3.35. The van der Waals surface area contributed by atoms with Crippen molar-refractivity contribution in [2.75, 3.05) is 0 Å². The van der Waals surface area contributed by atoms with Gasteiger partial charge in [-0.25, -0.2) is 14.3 Å². The summed E-state index contributed by atoms with van der Waals surface area (Å²) in [6.45, 7) is 1.68. The van der Waals surface area contributed by atoms with E-state index in [0.29, 0.717) is 28.3 Å². The molecule has 0 bridgehead atoms. The van der Waals surface area contributed by atoms with Crippen molar-refractivity contribution in [1.82, 2.24) is 18.9 Å². The second kappa shape index (κ2) is 5.94. The Kier molecular flexibility index (Phi) is 3.80. The van der Waals surface area contributed by atoms with Crippen LogP contribution in [0, 0.1) is 6.92 Å². The number of fused-ring (bicyclic) bond motifs is 1. The Bertz CT molecular complexity index is 1210. The van der Waals surface area contributed by atoms with E-state index in [9.17, 15) is 14.4 Å². The molecule has 2 heterocycles. The third-order valence-electron chi connectivity index (χ3n) is 5.17. The fourth-order valence-corrected chi connectivity index (χ4v) is 3.35. The molecule has 3 aromatic rings. The maximum absolute atomic E-state index is 12.7. The summed E-state index contributed by atoms with van der Waals surface area (Å²) in [5.74, 6) is 0.265. The van der Waals surface area contributed by atoms with Crippen LogP contribution in [-0.4, -0.2) is 24.9 Å². The van der Waals surface area contributed by atoms with E-state index in [1.807, 2.05) is 0 Å². The summed E-state index contributed by atoms with van der Waals surface area (Å²) in [5.41, 5.74) is 1.33. The molecule has 8 heteroatoms. The average Bonchev–Trinajstić information content (AvgIpc) is 3.42. The highest BCUT2D eigenvalue weighted by Crippen LogP contribution is 2.40. The van der Waals surface area contributed by atoms with Crippen molar-refractivity contribution in [3.63, 3.8) is 0 Å².